The fraction of sp³-hybridized carbons (Fsp3) is 0.613. The topological polar surface area (TPSA) is 58.6 Å². The third-order valence-electron chi connectivity index (χ3n) is 7.15. The van der Waals surface area contributed by atoms with E-state index in [9.17, 15) is 9.46 Å². The molecule has 1 aliphatic rings. The van der Waals surface area contributed by atoms with Crippen molar-refractivity contribution in [2.24, 2.45) is 0 Å². The van der Waals surface area contributed by atoms with Crippen molar-refractivity contribution in [3.05, 3.63) is 68.8 Å². The van der Waals surface area contributed by atoms with Crippen molar-refractivity contribution in [3.8, 4) is 0 Å². The van der Waals surface area contributed by atoms with Gasteiger partial charge >= 0.3 is 18.9 Å². The molecule has 200 valence electrons. The van der Waals surface area contributed by atoms with E-state index in [1.165, 1.54) is 11.1 Å². The van der Waals surface area contributed by atoms with E-state index < -0.39 is 7.82 Å². The van der Waals surface area contributed by atoms with Crippen LogP contribution in [-0.4, -0.2) is 0 Å². The first kappa shape index (κ1) is 32.4. The van der Waals surface area contributed by atoms with Gasteiger partial charge in [-0.1, -0.05) is 107 Å². The summed E-state index contributed by atoms with van der Waals surface area (Å²) < 4.78 is 23.8. The molecule has 0 saturated heterocycles. The van der Waals surface area contributed by atoms with Gasteiger partial charge in [-0.05, 0) is 72.6 Å². The molecular weight excluding hydrogens is 474 g/mol. The fourth-order valence-electron chi connectivity index (χ4n) is 4.85. The van der Waals surface area contributed by atoms with E-state index in [0.717, 1.165) is 33.4 Å². The Kier molecular flexibility index (Phi) is 9.28. The quantitative estimate of drug-likeness (QED) is 0.363. The molecule has 0 radical (unpaired) electrons. The summed E-state index contributed by atoms with van der Waals surface area (Å²) in [4.78, 5) is 12.9. The SMILES string of the molecule is CC(C)(C)c1cc2c(c(C(C)(C)C)c1)COP(=O)([O-])OCc1c(cc(C(C)(C)C)cc1C(C)(C)C)C2.[Li+]. The Bertz CT molecular complexity index is 1100. The molecule has 0 unspecified atom stereocenters. The van der Waals surface area contributed by atoms with E-state index in [4.69, 9.17) is 9.05 Å². The maximum absolute atomic E-state index is 12.9. The van der Waals surface area contributed by atoms with E-state index in [1.54, 1.807) is 0 Å². The average molecular weight is 521 g/mol. The smallest absolute Gasteiger partial charge is 0.756 e. The molecule has 2 aromatic carbocycles. The molecule has 0 fully saturated rings. The van der Waals surface area contributed by atoms with E-state index in [0.29, 0.717) is 6.42 Å². The molecule has 0 atom stereocenters. The van der Waals surface area contributed by atoms with Gasteiger partial charge in [-0.3, -0.25) is 4.57 Å². The Hall–Kier alpha value is -0.853. The van der Waals surface area contributed by atoms with E-state index in [2.05, 4.69) is 107 Å². The van der Waals surface area contributed by atoms with Crippen LogP contribution < -0.4 is 23.8 Å². The molecule has 1 heterocycles. The van der Waals surface area contributed by atoms with E-state index in [1.807, 2.05) is 0 Å². The van der Waals surface area contributed by atoms with Crippen LogP contribution in [0.5, 0.6) is 0 Å². The first-order valence-electron chi connectivity index (χ1n) is 13.0. The minimum absolute atomic E-state index is 0. The van der Waals surface area contributed by atoms with Crippen LogP contribution in [0.25, 0.3) is 0 Å². The number of rotatable bonds is 0. The Morgan fingerprint density at radius 1 is 0.622 bits per heavy atom. The zero-order valence-electron chi connectivity index (χ0n) is 25.5. The summed E-state index contributed by atoms with van der Waals surface area (Å²) in [5, 5.41) is 0. The summed E-state index contributed by atoms with van der Waals surface area (Å²) in [5.41, 5.74) is 8.42. The van der Waals surface area contributed by atoms with Crippen LogP contribution in [0, 0.1) is 0 Å². The number of hydrogen-bond donors (Lipinski definition) is 0. The largest absolute Gasteiger partial charge is 1.00 e. The number of fused-ring (bicyclic) bond motifs is 2. The van der Waals surface area contributed by atoms with Crippen molar-refractivity contribution in [2.45, 2.75) is 124 Å². The molecular formula is C31H46LiO4P. The summed E-state index contributed by atoms with van der Waals surface area (Å²) in [7, 11) is -4.50. The number of hydrogen-bond acceptors (Lipinski definition) is 4. The van der Waals surface area contributed by atoms with Crippen molar-refractivity contribution in [3.63, 3.8) is 0 Å². The summed E-state index contributed by atoms with van der Waals surface area (Å²) in [6.07, 6.45) is 0.695. The third-order valence-corrected chi connectivity index (χ3v) is 8.04. The second-order valence-corrected chi connectivity index (χ2v) is 15.9. The van der Waals surface area contributed by atoms with Gasteiger partial charge in [-0.2, -0.15) is 0 Å². The Balaban J connectivity index is 0.00000481. The standard InChI is InChI=1S/C31H47O4P.Li/c1-28(2,3)22-14-20-13-21-15-23(29(4,5)6)17-27(31(10,11)12)25(21)19-35-36(32,33)34-18-24(20)26(16-22)30(7,8)9;/h14-17H,13,18-19H2,1-12H3,(H,32,33);/q;+1/p-1. The molecule has 0 amide bonds. The summed E-state index contributed by atoms with van der Waals surface area (Å²) in [5.74, 6) is 0. The second kappa shape index (κ2) is 10.6. The van der Waals surface area contributed by atoms with Crippen LogP contribution in [0.15, 0.2) is 24.3 Å². The maximum Gasteiger partial charge on any atom is 1.00 e. The van der Waals surface area contributed by atoms with Crippen LogP contribution in [0.3, 0.4) is 0 Å². The molecule has 37 heavy (non-hydrogen) atoms. The molecule has 0 N–H and O–H groups in total. The van der Waals surface area contributed by atoms with Gasteiger partial charge in [-0.25, -0.2) is 0 Å². The molecule has 4 nitrogen and oxygen atoms in total. The number of phosphoric ester groups is 1. The zero-order chi connectivity index (χ0) is 27.5. The summed E-state index contributed by atoms with van der Waals surface area (Å²) in [6.45, 7) is 26.3. The minimum Gasteiger partial charge on any atom is -0.756 e. The van der Waals surface area contributed by atoms with Crippen molar-refractivity contribution < 1.29 is 37.4 Å². The van der Waals surface area contributed by atoms with Gasteiger partial charge in [-0.15, -0.1) is 0 Å². The van der Waals surface area contributed by atoms with Gasteiger partial charge in [0.05, 0.1) is 13.2 Å². The van der Waals surface area contributed by atoms with Crippen LogP contribution in [0.2, 0.25) is 0 Å². The molecule has 0 aromatic heterocycles. The Morgan fingerprint density at radius 2 is 0.946 bits per heavy atom. The molecule has 0 aliphatic carbocycles. The first-order valence-corrected chi connectivity index (χ1v) is 14.5. The van der Waals surface area contributed by atoms with Gasteiger partial charge in [0.2, 0.25) is 0 Å². The van der Waals surface area contributed by atoms with Crippen molar-refractivity contribution in [1.82, 2.24) is 0 Å². The monoisotopic (exact) mass is 520 g/mol. The van der Waals surface area contributed by atoms with Crippen LogP contribution >= 0.6 is 7.82 Å². The van der Waals surface area contributed by atoms with Gasteiger partial charge in [0.1, 0.15) is 0 Å². The summed E-state index contributed by atoms with van der Waals surface area (Å²) in [6, 6.07) is 8.99. The molecule has 1 aliphatic heterocycles. The Labute approximate surface area is 237 Å². The van der Waals surface area contributed by atoms with Gasteiger partial charge in [0.15, 0.2) is 0 Å². The second-order valence-electron chi connectivity index (χ2n) is 14.5. The van der Waals surface area contributed by atoms with Gasteiger partial charge in [0.25, 0.3) is 7.82 Å². The van der Waals surface area contributed by atoms with Crippen LogP contribution in [-0.2, 0) is 54.9 Å². The van der Waals surface area contributed by atoms with Gasteiger partial charge < -0.3 is 13.9 Å². The molecule has 6 heteroatoms. The van der Waals surface area contributed by atoms with Crippen molar-refractivity contribution in [1.29, 1.82) is 0 Å². The number of benzene rings is 2. The van der Waals surface area contributed by atoms with E-state index >= 15 is 0 Å². The molecule has 3 rings (SSSR count). The van der Waals surface area contributed by atoms with Crippen molar-refractivity contribution in [2.75, 3.05) is 0 Å². The zero-order valence-corrected chi connectivity index (χ0v) is 26.4. The molecule has 0 bridgehead atoms. The molecule has 0 spiro atoms. The van der Waals surface area contributed by atoms with Crippen LogP contribution in [0.1, 0.15) is 128 Å². The predicted octanol–water partition coefficient (Wildman–Crippen LogP) is 4.99. The normalized spacial score (nSPS) is 16.9. The molecule has 0 saturated carbocycles. The first-order chi connectivity index (χ1) is 16.1. The maximum atomic E-state index is 12.9. The Morgan fingerprint density at radius 3 is 1.22 bits per heavy atom. The predicted molar refractivity (Wildman–Crippen MR) is 148 cm³/mol. The third kappa shape index (κ3) is 7.63. The molecule has 2 aromatic rings. The van der Waals surface area contributed by atoms with Gasteiger partial charge in [0, 0.05) is 0 Å². The average Bonchev–Trinajstić information content (AvgIpc) is 2.67. The van der Waals surface area contributed by atoms with E-state index in [-0.39, 0.29) is 53.7 Å². The van der Waals surface area contributed by atoms with Crippen LogP contribution in [0.4, 0.5) is 0 Å². The fourth-order valence-corrected chi connectivity index (χ4v) is 5.50. The summed E-state index contributed by atoms with van der Waals surface area (Å²) >= 11 is 0. The minimum atomic E-state index is -4.50. The number of phosphoric acid groups is 1. The van der Waals surface area contributed by atoms with Crippen molar-refractivity contribution >= 4 is 7.82 Å².